The van der Waals surface area contributed by atoms with Gasteiger partial charge in [0.25, 0.3) is 11.8 Å². The molecule has 0 atom stereocenters. The smallest absolute Gasteiger partial charge is 0.276 e. The van der Waals surface area contributed by atoms with Gasteiger partial charge in [-0.1, -0.05) is 29.8 Å². The summed E-state index contributed by atoms with van der Waals surface area (Å²) >= 11 is 0. The fraction of sp³-hybridized carbons (Fsp3) is 0.273. The summed E-state index contributed by atoms with van der Waals surface area (Å²) in [6, 6.07) is 13.2. The van der Waals surface area contributed by atoms with Gasteiger partial charge in [-0.05, 0) is 50.1 Å². The zero-order valence-corrected chi connectivity index (χ0v) is 17.4. The standard InChI is InChI=1S/C22H25N5O2/c1-14-6-11-19(15(2)12-14)27-24-16(3)20(25-27)22(29)26(5)13-17-7-9-18(10-8-17)21(28)23-4/h6-12H,13H2,1-5H3,(H,23,28). The predicted molar refractivity (Wildman–Crippen MR) is 111 cm³/mol. The Hall–Kier alpha value is -3.48. The number of hydrogen-bond donors (Lipinski definition) is 1. The average molecular weight is 391 g/mol. The number of hydrogen-bond acceptors (Lipinski definition) is 4. The van der Waals surface area contributed by atoms with Crippen LogP contribution in [-0.4, -0.2) is 45.8 Å². The van der Waals surface area contributed by atoms with Crippen LogP contribution in [0.1, 0.15) is 43.2 Å². The second-order valence-electron chi connectivity index (χ2n) is 7.15. The summed E-state index contributed by atoms with van der Waals surface area (Å²) in [5.41, 5.74) is 5.47. The first kappa shape index (κ1) is 20.3. The van der Waals surface area contributed by atoms with Gasteiger partial charge in [0.1, 0.15) is 0 Å². The fourth-order valence-corrected chi connectivity index (χ4v) is 3.15. The summed E-state index contributed by atoms with van der Waals surface area (Å²) in [5, 5.41) is 11.5. The highest BCUT2D eigenvalue weighted by atomic mass is 16.2. The second-order valence-corrected chi connectivity index (χ2v) is 7.15. The van der Waals surface area contributed by atoms with Crippen LogP contribution in [0.15, 0.2) is 42.5 Å². The van der Waals surface area contributed by atoms with Gasteiger partial charge in [-0.25, -0.2) is 0 Å². The van der Waals surface area contributed by atoms with E-state index in [1.807, 2.05) is 38.1 Å². The highest BCUT2D eigenvalue weighted by molar-refractivity contribution is 5.94. The molecule has 1 heterocycles. The Bertz CT molecular complexity index is 1050. The molecule has 0 aliphatic rings. The van der Waals surface area contributed by atoms with Crippen molar-refractivity contribution in [3.05, 3.63) is 76.1 Å². The van der Waals surface area contributed by atoms with Crippen molar-refractivity contribution in [3.8, 4) is 5.69 Å². The van der Waals surface area contributed by atoms with Crippen molar-refractivity contribution in [2.45, 2.75) is 27.3 Å². The van der Waals surface area contributed by atoms with E-state index in [-0.39, 0.29) is 11.8 Å². The molecule has 0 radical (unpaired) electrons. The van der Waals surface area contributed by atoms with Crippen LogP contribution in [0.4, 0.5) is 0 Å². The molecule has 0 saturated heterocycles. The molecule has 7 heteroatoms. The number of carbonyl (C=O) groups excluding carboxylic acids is 2. The van der Waals surface area contributed by atoms with Crippen molar-refractivity contribution in [3.63, 3.8) is 0 Å². The van der Waals surface area contributed by atoms with Crippen LogP contribution in [-0.2, 0) is 6.54 Å². The number of nitrogens with zero attached hydrogens (tertiary/aromatic N) is 4. The molecule has 1 N–H and O–H groups in total. The topological polar surface area (TPSA) is 80.1 Å². The van der Waals surface area contributed by atoms with Crippen LogP contribution in [0.25, 0.3) is 5.69 Å². The van der Waals surface area contributed by atoms with Crippen molar-refractivity contribution in [1.29, 1.82) is 0 Å². The van der Waals surface area contributed by atoms with Gasteiger partial charge in [-0.2, -0.15) is 9.90 Å². The number of amides is 2. The molecule has 0 bridgehead atoms. The molecule has 0 aliphatic carbocycles. The lowest BCUT2D eigenvalue weighted by molar-refractivity contribution is 0.0777. The monoisotopic (exact) mass is 391 g/mol. The van der Waals surface area contributed by atoms with E-state index in [2.05, 4.69) is 21.6 Å². The van der Waals surface area contributed by atoms with Crippen LogP contribution in [0.2, 0.25) is 0 Å². The fourth-order valence-electron chi connectivity index (χ4n) is 3.15. The molecule has 2 amide bonds. The summed E-state index contributed by atoms with van der Waals surface area (Å²) < 4.78 is 0. The molecule has 2 aromatic carbocycles. The first-order chi connectivity index (χ1) is 13.8. The number of carbonyl (C=O) groups is 2. The van der Waals surface area contributed by atoms with E-state index in [0.717, 1.165) is 22.4 Å². The Morgan fingerprint density at radius 2 is 1.72 bits per heavy atom. The number of nitrogens with one attached hydrogen (secondary N) is 1. The van der Waals surface area contributed by atoms with E-state index >= 15 is 0 Å². The Labute approximate surface area is 170 Å². The molecule has 0 unspecified atom stereocenters. The molecule has 1 aromatic heterocycles. The Morgan fingerprint density at radius 3 is 2.34 bits per heavy atom. The molecule has 0 fully saturated rings. The normalized spacial score (nSPS) is 10.7. The lowest BCUT2D eigenvalue weighted by Gasteiger charge is -2.16. The zero-order valence-electron chi connectivity index (χ0n) is 17.4. The van der Waals surface area contributed by atoms with Gasteiger partial charge in [0.2, 0.25) is 0 Å². The summed E-state index contributed by atoms with van der Waals surface area (Å²) in [5.74, 6) is -0.339. The highest BCUT2D eigenvalue weighted by Gasteiger charge is 2.21. The Morgan fingerprint density at radius 1 is 1.03 bits per heavy atom. The van der Waals surface area contributed by atoms with Gasteiger partial charge in [0, 0.05) is 26.2 Å². The molecular formula is C22H25N5O2. The summed E-state index contributed by atoms with van der Waals surface area (Å²) in [6.45, 7) is 6.22. The van der Waals surface area contributed by atoms with Gasteiger partial charge in [-0.15, -0.1) is 5.10 Å². The molecule has 3 rings (SSSR count). The minimum absolute atomic E-state index is 0.139. The quantitative estimate of drug-likeness (QED) is 0.725. The van der Waals surface area contributed by atoms with Crippen molar-refractivity contribution in [1.82, 2.24) is 25.2 Å². The molecule has 150 valence electrons. The maximum absolute atomic E-state index is 12.9. The van der Waals surface area contributed by atoms with E-state index in [9.17, 15) is 9.59 Å². The minimum atomic E-state index is -0.200. The zero-order chi connectivity index (χ0) is 21.1. The third-order valence-corrected chi connectivity index (χ3v) is 4.76. The number of benzene rings is 2. The second kappa shape index (κ2) is 8.26. The van der Waals surface area contributed by atoms with Gasteiger partial charge < -0.3 is 10.2 Å². The predicted octanol–water partition coefficient (Wildman–Crippen LogP) is 2.82. The third kappa shape index (κ3) is 4.34. The molecule has 0 spiro atoms. The molecular weight excluding hydrogens is 366 g/mol. The summed E-state index contributed by atoms with van der Waals surface area (Å²) in [4.78, 5) is 27.7. The van der Waals surface area contributed by atoms with Crippen molar-refractivity contribution < 1.29 is 9.59 Å². The highest BCUT2D eigenvalue weighted by Crippen LogP contribution is 2.16. The van der Waals surface area contributed by atoms with Crippen LogP contribution >= 0.6 is 0 Å². The van der Waals surface area contributed by atoms with Crippen LogP contribution in [0.3, 0.4) is 0 Å². The molecule has 3 aromatic rings. The van der Waals surface area contributed by atoms with Gasteiger partial charge in [0.05, 0.1) is 11.4 Å². The van der Waals surface area contributed by atoms with Crippen LogP contribution < -0.4 is 5.32 Å². The van der Waals surface area contributed by atoms with Crippen LogP contribution in [0, 0.1) is 20.8 Å². The number of rotatable bonds is 5. The molecule has 0 aliphatic heterocycles. The lowest BCUT2D eigenvalue weighted by Crippen LogP contribution is -2.27. The maximum Gasteiger partial charge on any atom is 0.276 e. The molecule has 0 saturated carbocycles. The minimum Gasteiger partial charge on any atom is -0.355 e. The first-order valence-electron chi connectivity index (χ1n) is 9.38. The van der Waals surface area contributed by atoms with E-state index in [1.165, 1.54) is 4.80 Å². The maximum atomic E-state index is 12.9. The van der Waals surface area contributed by atoms with E-state index in [0.29, 0.717) is 23.5 Å². The third-order valence-electron chi connectivity index (χ3n) is 4.76. The summed E-state index contributed by atoms with van der Waals surface area (Å²) in [6.07, 6.45) is 0. The van der Waals surface area contributed by atoms with Crippen LogP contribution in [0.5, 0.6) is 0 Å². The van der Waals surface area contributed by atoms with Crippen molar-refractivity contribution in [2.24, 2.45) is 0 Å². The van der Waals surface area contributed by atoms with E-state index in [4.69, 9.17) is 0 Å². The largest absolute Gasteiger partial charge is 0.355 e. The molecule has 7 nitrogen and oxygen atoms in total. The lowest BCUT2D eigenvalue weighted by atomic mass is 10.1. The van der Waals surface area contributed by atoms with E-state index in [1.54, 1.807) is 38.1 Å². The van der Waals surface area contributed by atoms with Gasteiger partial charge in [-0.3, -0.25) is 9.59 Å². The van der Waals surface area contributed by atoms with Crippen molar-refractivity contribution >= 4 is 11.8 Å². The van der Waals surface area contributed by atoms with Crippen molar-refractivity contribution in [2.75, 3.05) is 14.1 Å². The van der Waals surface area contributed by atoms with E-state index < -0.39 is 0 Å². The summed E-state index contributed by atoms with van der Waals surface area (Å²) in [7, 11) is 3.32. The molecule has 29 heavy (non-hydrogen) atoms. The Kier molecular flexibility index (Phi) is 5.77. The Balaban J connectivity index is 1.78. The average Bonchev–Trinajstić information content (AvgIpc) is 3.08. The number of aromatic nitrogens is 3. The van der Waals surface area contributed by atoms with Gasteiger partial charge >= 0.3 is 0 Å². The SMILES string of the molecule is CNC(=O)c1ccc(CN(C)C(=O)c2nn(-c3ccc(C)cc3C)nc2C)cc1. The first-order valence-corrected chi connectivity index (χ1v) is 9.38. The number of aryl methyl sites for hydroxylation is 3. The van der Waals surface area contributed by atoms with Gasteiger partial charge in [0.15, 0.2) is 5.69 Å².